The minimum Gasteiger partial charge on any atom is -0.492 e. The summed E-state index contributed by atoms with van der Waals surface area (Å²) in [6.45, 7) is -0.532. The van der Waals surface area contributed by atoms with Crippen LogP contribution < -0.4 is 14.2 Å². The van der Waals surface area contributed by atoms with Crippen LogP contribution >= 0.6 is 0 Å². The molecular formula is C13H19NO8. The fourth-order valence-electron chi connectivity index (χ4n) is 1.87. The first-order valence-electron chi connectivity index (χ1n) is 6.33. The van der Waals surface area contributed by atoms with Crippen LogP contribution in [0.15, 0.2) is 6.07 Å². The molecular weight excluding hydrogens is 298 g/mol. The summed E-state index contributed by atoms with van der Waals surface area (Å²) in [6, 6.07) is 1.18. The molecule has 0 spiro atoms. The molecule has 1 N–H and O–H groups in total. The number of ether oxygens (including phenoxy) is 5. The van der Waals surface area contributed by atoms with E-state index < -0.39 is 4.92 Å². The summed E-state index contributed by atoms with van der Waals surface area (Å²) in [6.07, 6.45) is 0.0905. The zero-order chi connectivity index (χ0) is 16.5. The number of hydrogen-bond acceptors (Lipinski definition) is 8. The third kappa shape index (κ3) is 4.20. The lowest BCUT2D eigenvalue weighted by Gasteiger charge is -2.17. The van der Waals surface area contributed by atoms with Crippen molar-refractivity contribution >= 4 is 5.69 Å². The largest absolute Gasteiger partial charge is 0.492 e. The van der Waals surface area contributed by atoms with E-state index in [1.54, 1.807) is 0 Å². The molecule has 0 saturated heterocycles. The Morgan fingerprint density at radius 1 is 1.14 bits per heavy atom. The molecule has 1 rings (SSSR count). The summed E-state index contributed by atoms with van der Waals surface area (Å²) >= 11 is 0. The maximum Gasteiger partial charge on any atom is 0.315 e. The van der Waals surface area contributed by atoms with E-state index in [2.05, 4.69) is 0 Å². The molecule has 0 bridgehead atoms. The van der Waals surface area contributed by atoms with E-state index in [0.29, 0.717) is 5.56 Å². The zero-order valence-corrected chi connectivity index (χ0v) is 12.7. The SMILES string of the molecule is COCOc1cc([N+](=O)[O-])c(OCOC)c(CCO)c1OC. The predicted octanol–water partition coefficient (Wildman–Crippen LogP) is 1.10. The maximum atomic E-state index is 11.3. The molecule has 0 aliphatic carbocycles. The molecule has 124 valence electrons. The number of aliphatic hydroxyl groups excluding tert-OH is 1. The van der Waals surface area contributed by atoms with Crippen LogP contribution in [0.2, 0.25) is 0 Å². The van der Waals surface area contributed by atoms with Crippen molar-refractivity contribution < 1.29 is 33.7 Å². The first-order chi connectivity index (χ1) is 10.6. The molecule has 0 unspecified atom stereocenters. The van der Waals surface area contributed by atoms with Crippen molar-refractivity contribution in [3.63, 3.8) is 0 Å². The second-order valence-corrected chi connectivity index (χ2v) is 4.07. The number of nitro benzene ring substituents is 1. The van der Waals surface area contributed by atoms with E-state index in [0.717, 1.165) is 0 Å². The number of methoxy groups -OCH3 is 3. The van der Waals surface area contributed by atoms with Gasteiger partial charge in [-0.2, -0.15) is 0 Å². The van der Waals surface area contributed by atoms with E-state index in [4.69, 9.17) is 23.7 Å². The topological polar surface area (TPSA) is 110 Å². The molecule has 1 aromatic carbocycles. The van der Waals surface area contributed by atoms with Crippen LogP contribution in [0.5, 0.6) is 17.2 Å². The van der Waals surface area contributed by atoms with Crippen LogP contribution in [-0.4, -0.2) is 51.6 Å². The van der Waals surface area contributed by atoms with Gasteiger partial charge in [0.25, 0.3) is 0 Å². The lowest BCUT2D eigenvalue weighted by atomic mass is 10.1. The Labute approximate surface area is 127 Å². The summed E-state index contributed by atoms with van der Waals surface area (Å²) in [5.41, 5.74) is 0.00903. The van der Waals surface area contributed by atoms with Gasteiger partial charge < -0.3 is 28.8 Å². The molecule has 0 aromatic heterocycles. The molecule has 0 aliphatic heterocycles. The predicted molar refractivity (Wildman–Crippen MR) is 75.4 cm³/mol. The van der Waals surface area contributed by atoms with Crippen LogP contribution in [0.3, 0.4) is 0 Å². The van der Waals surface area contributed by atoms with Crippen molar-refractivity contribution in [3.05, 3.63) is 21.7 Å². The van der Waals surface area contributed by atoms with E-state index in [-0.39, 0.29) is 49.5 Å². The highest BCUT2D eigenvalue weighted by molar-refractivity contribution is 5.64. The first kappa shape index (κ1) is 18.0. The van der Waals surface area contributed by atoms with Crippen LogP contribution in [0.4, 0.5) is 5.69 Å². The van der Waals surface area contributed by atoms with Gasteiger partial charge in [-0.05, 0) is 0 Å². The third-order valence-electron chi connectivity index (χ3n) is 2.69. The van der Waals surface area contributed by atoms with E-state index in [1.807, 2.05) is 0 Å². The van der Waals surface area contributed by atoms with Crippen LogP contribution in [0.25, 0.3) is 0 Å². The van der Waals surface area contributed by atoms with Crippen LogP contribution in [0.1, 0.15) is 5.56 Å². The second-order valence-electron chi connectivity index (χ2n) is 4.07. The number of nitro groups is 1. The zero-order valence-electron chi connectivity index (χ0n) is 12.7. The highest BCUT2D eigenvalue weighted by Crippen LogP contribution is 2.44. The van der Waals surface area contributed by atoms with E-state index in [1.165, 1.54) is 27.4 Å². The summed E-state index contributed by atoms with van der Waals surface area (Å²) in [7, 11) is 4.21. The Morgan fingerprint density at radius 3 is 2.27 bits per heavy atom. The number of benzene rings is 1. The first-order valence-corrected chi connectivity index (χ1v) is 6.33. The molecule has 22 heavy (non-hydrogen) atoms. The summed E-state index contributed by atoms with van der Waals surface area (Å²) in [5, 5.41) is 20.5. The van der Waals surface area contributed by atoms with Crippen molar-refractivity contribution in [2.24, 2.45) is 0 Å². The molecule has 0 saturated carbocycles. The van der Waals surface area contributed by atoms with Gasteiger partial charge in [0, 0.05) is 32.8 Å². The Morgan fingerprint density at radius 2 is 1.77 bits per heavy atom. The quantitative estimate of drug-likeness (QED) is 0.388. The van der Waals surface area contributed by atoms with Crippen molar-refractivity contribution in [2.75, 3.05) is 41.5 Å². The van der Waals surface area contributed by atoms with E-state index in [9.17, 15) is 15.2 Å². The molecule has 0 fully saturated rings. The Bertz CT molecular complexity index is 505. The Hall–Kier alpha value is -2.10. The van der Waals surface area contributed by atoms with E-state index >= 15 is 0 Å². The number of rotatable bonds is 10. The molecule has 9 heteroatoms. The van der Waals surface area contributed by atoms with Gasteiger partial charge in [-0.1, -0.05) is 0 Å². The third-order valence-corrected chi connectivity index (χ3v) is 2.69. The fourth-order valence-corrected chi connectivity index (χ4v) is 1.87. The van der Waals surface area contributed by atoms with Gasteiger partial charge in [0.1, 0.15) is 0 Å². The summed E-state index contributed by atoms with van der Waals surface area (Å²) in [5.74, 6) is 0.342. The fraction of sp³-hybridized carbons (Fsp3) is 0.538. The molecule has 0 amide bonds. The van der Waals surface area contributed by atoms with Crippen molar-refractivity contribution in [1.82, 2.24) is 0 Å². The van der Waals surface area contributed by atoms with Gasteiger partial charge in [0.05, 0.1) is 18.1 Å². The molecule has 9 nitrogen and oxygen atoms in total. The van der Waals surface area contributed by atoms with Crippen molar-refractivity contribution in [2.45, 2.75) is 6.42 Å². The lowest BCUT2D eigenvalue weighted by Crippen LogP contribution is -2.10. The molecule has 0 atom stereocenters. The standard InChI is InChI=1S/C13H19NO8/c1-18-7-21-11-6-10(14(16)17)12(22-8-19-2)9(4-5-15)13(11)20-3/h6,15H,4-5,7-8H2,1-3H3. The summed E-state index contributed by atoms with van der Waals surface area (Å²) < 4.78 is 25.4. The smallest absolute Gasteiger partial charge is 0.315 e. The second kappa shape index (κ2) is 9.03. The van der Waals surface area contributed by atoms with Gasteiger partial charge in [0.15, 0.2) is 25.1 Å². The number of hydrogen-bond donors (Lipinski definition) is 1. The number of aliphatic hydroxyl groups is 1. The van der Waals surface area contributed by atoms with Gasteiger partial charge >= 0.3 is 5.69 Å². The molecule has 0 radical (unpaired) electrons. The number of nitrogens with zero attached hydrogens (tertiary/aromatic N) is 1. The molecule has 0 heterocycles. The average molecular weight is 317 g/mol. The maximum absolute atomic E-state index is 11.3. The van der Waals surface area contributed by atoms with Gasteiger partial charge in [-0.3, -0.25) is 10.1 Å². The van der Waals surface area contributed by atoms with Crippen LogP contribution in [-0.2, 0) is 15.9 Å². The van der Waals surface area contributed by atoms with Crippen LogP contribution in [0, 0.1) is 10.1 Å². The van der Waals surface area contributed by atoms with Crippen molar-refractivity contribution in [3.8, 4) is 17.2 Å². The van der Waals surface area contributed by atoms with Gasteiger partial charge in [-0.15, -0.1) is 0 Å². The average Bonchev–Trinajstić information content (AvgIpc) is 2.51. The normalized spacial score (nSPS) is 10.4. The highest BCUT2D eigenvalue weighted by Gasteiger charge is 2.27. The lowest BCUT2D eigenvalue weighted by molar-refractivity contribution is -0.386. The molecule has 0 aliphatic rings. The van der Waals surface area contributed by atoms with Crippen molar-refractivity contribution in [1.29, 1.82) is 0 Å². The minimum absolute atomic E-state index is 0.0254. The monoisotopic (exact) mass is 317 g/mol. The Balaban J connectivity index is 3.46. The Kier molecular flexibility index (Phi) is 7.37. The highest BCUT2D eigenvalue weighted by atomic mass is 16.7. The molecule has 1 aromatic rings. The minimum atomic E-state index is -0.606. The van der Waals surface area contributed by atoms with Gasteiger partial charge in [0.2, 0.25) is 5.75 Å². The summed E-state index contributed by atoms with van der Waals surface area (Å²) in [4.78, 5) is 10.7. The van der Waals surface area contributed by atoms with Gasteiger partial charge in [-0.25, -0.2) is 0 Å².